The smallest absolute Gasteiger partial charge is 0.301 e. The van der Waals surface area contributed by atoms with Gasteiger partial charge in [0.15, 0.2) is 11.6 Å². The average molecular weight is 276 g/mol. The molecular formula is C15H14F2N2O. The first-order valence-electron chi connectivity index (χ1n) is 6.04. The van der Waals surface area contributed by atoms with E-state index in [1.54, 1.807) is 24.3 Å². The topological polar surface area (TPSA) is 45.8 Å². The highest BCUT2D eigenvalue weighted by molar-refractivity contribution is 6.25. The van der Waals surface area contributed by atoms with Gasteiger partial charge >= 0.3 is 5.92 Å². The molecular weight excluding hydrogens is 262 g/mol. The molecule has 1 aliphatic carbocycles. The minimum absolute atomic E-state index is 0.104. The summed E-state index contributed by atoms with van der Waals surface area (Å²) >= 11 is 0. The molecule has 1 aliphatic rings. The van der Waals surface area contributed by atoms with Gasteiger partial charge in [0.05, 0.1) is 11.4 Å². The monoisotopic (exact) mass is 276 g/mol. The lowest BCUT2D eigenvalue weighted by atomic mass is 9.91. The number of aromatic amines is 1. The zero-order chi connectivity index (χ0) is 14.9. The second kappa shape index (κ2) is 5.00. The van der Waals surface area contributed by atoms with E-state index in [-0.39, 0.29) is 23.5 Å². The van der Waals surface area contributed by atoms with Crippen LogP contribution in [0.5, 0.6) is 0 Å². The Bertz CT molecular complexity index is 645. The summed E-state index contributed by atoms with van der Waals surface area (Å²) in [5.74, 6) is -3.76. The van der Waals surface area contributed by atoms with Crippen molar-refractivity contribution in [2.75, 3.05) is 0 Å². The number of H-pyrrole nitrogens is 1. The molecule has 0 aliphatic heterocycles. The zero-order valence-corrected chi connectivity index (χ0v) is 11.0. The molecule has 1 heterocycles. The van der Waals surface area contributed by atoms with Crippen LogP contribution in [0.3, 0.4) is 0 Å². The Morgan fingerprint density at radius 2 is 2.10 bits per heavy atom. The van der Waals surface area contributed by atoms with Crippen LogP contribution < -0.4 is 0 Å². The summed E-state index contributed by atoms with van der Waals surface area (Å²) < 4.78 is 26.7. The maximum atomic E-state index is 13.3. The van der Waals surface area contributed by atoms with Gasteiger partial charge in [-0.25, -0.2) is 4.98 Å². The van der Waals surface area contributed by atoms with Gasteiger partial charge in [0.25, 0.3) is 0 Å². The number of hydrogen-bond donors (Lipinski definition) is 1. The highest BCUT2D eigenvalue weighted by Gasteiger charge is 2.34. The number of hydrogen-bond acceptors (Lipinski definition) is 2. The summed E-state index contributed by atoms with van der Waals surface area (Å²) in [4.78, 5) is 18.3. The average Bonchev–Trinajstić information content (AvgIpc) is 2.81. The van der Waals surface area contributed by atoms with Crippen LogP contribution in [0.2, 0.25) is 0 Å². The number of aromatic nitrogens is 2. The molecule has 0 saturated heterocycles. The summed E-state index contributed by atoms with van der Waals surface area (Å²) in [7, 11) is 0. The summed E-state index contributed by atoms with van der Waals surface area (Å²) in [6.07, 6.45) is 6.72. The number of ketones is 1. The van der Waals surface area contributed by atoms with Gasteiger partial charge in [0.2, 0.25) is 0 Å². The van der Waals surface area contributed by atoms with E-state index in [4.69, 9.17) is 0 Å². The van der Waals surface area contributed by atoms with E-state index in [9.17, 15) is 13.6 Å². The first kappa shape index (κ1) is 14.1. The maximum Gasteiger partial charge on any atom is 0.301 e. The van der Waals surface area contributed by atoms with Gasteiger partial charge in [-0.2, -0.15) is 8.78 Å². The molecule has 2 rings (SSSR count). The number of carbonyl (C=O) groups excluding carboxylic acids is 1. The number of nitrogens with one attached hydrogen (secondary N) is 1. The van der Waals surface area contributed by atoms with Crippen molar-refractivity contribution in [3.63, 3.8) is 0 Å². The Kier molecular flexibility index (Phi) is 3.53. The molecule has 0 amide bonds. The molecule has 1 aromatic rings. The molecule has 1 N–H and O–H groups in total. The quantitative estimate of drug-likeness (QED) is 0.676. The molecule has 1 aromatic heterocycles. The third-order valence-corrected chi connectivity index (χ3v) is 2.96. The van der Waals surface area contributed by atoms with Crippen LogP contribution >= 0.6 is 0 Å². The van der Waals surface area contributed by atoms with E-state index in [0.717, 1.165) is 6.92 Å². The Balaban J connectivity index is 2.55. The van der Waals surface area contributed by atoms with Gasteiger partial charge in [-0.05, 0) is 5.57 Å². The van der Waals surface area contributed by atoms with E-state index >= 15 is 0 Å². The van der Waals surface area contributed by atoms with Crippen LogP contribution in [0.4, 0.5) is 8.78 Å². The van der Waals surface area contributed by atoms with Gasteiger partial charge in [-0.15, -0.1) is 0 Å². The zero-order valence-electron chi connectivity index (χ0n) is 11.0. The number of rotatable bonds is 3. The van der Waals surface area contributed by atoms with Crippen LogP contribution in [0, 0.1) is 0 Å². The Hall–Kier alpha value is -2.30. The van der Waals surface area contributed by atoms with E-state index in [0.29, 0.717) is 11.3 Å². The van der Waals surface area contributed by atoms with E-state index in [1.807, 2.05) is 0 Å². The van der Waals surface area contributed by atoms with Gasteiger partial charge in [0.1, 0.15) is 0 Å². The Morgan fingerprint density at radius 1 is 1.40 bits per heavy atom. The fourth-order valence-electron chi connectivity index (χ4n) is 1.92. The first-order valence-corrected chi connectivity index (χ1v) is 6.04. The van der Waals surface area contributed by atoms with Gasteiger partial charge in [-0.1, -0.05) is 37.5 Å². The number of imidazole rings is 1. The van der Waals surface area contributed by atoms with Crippen molar-refractivity contribution in [1.29, 1.82) is 0 Å². The number of fused-ring (bicyclic) bond motifs is 1. The minimum Gasteiger partial charge on any atom is -0.336 e. The minimum atomic E-state index is -3.09. The standard InChI is InChI=1S/C15H14F2N2O/c1-4-5-6-7-10-8-11(20)9(2)12-13(10)19-14(18-12)15(3,16)17/h4-7H,1-2,8H2,3H3,(H,18,19)/b6-5-,10-7+. The predicted octanol–water partition coefficient (Wildman–Crippen LogP) is 3.63. The third-order valence-electron chi connectivity index (χ3n) is 2.96. The molecule has 0 radical (unpaired) electrons. The first-order chi connectivity index (χ1) is 9.34. The molecule has 0 atom stereocenters. The van der Waals surface area contributed by atoms with Crippen molar-refractivity contribution in [2.24, 2.45) is 0 Å². The van der Waals surface area contributed by atoms with E-state index in [2.05, 4.69) is 23.1 Å². The molecule has 5 heteroatoms. The largest absolute Gasteiger partial charge is 0.336 e. The van der Waals surface area contributed by atoms with Crippen molar-refractivity contribution in [3.05, 3.63) is 54.7 Å². The Morgan fingerprint density at radius 3 is 2.70 bits per heavy atom. The predicted molar refractivity (Wildman–Crippen MR) is 74.1 cm³/mol. The maximum absolute atomic E-state index is 13.3. The summed E-state index contributed by atoms with van der Waals surface area (Å²) in [5.41, 5.74) is 1.41. The van der Waals surface area contributed by atoms with Crippen LogP contribution in [0.15, 0.2) is 37.5 Å². The summed E-state index contributed by atoms with van der Waals surface area (Å²) in [5, 5.41) is 0. The number of carbonyl (C=O) groups is 1. The molecule has 0 unspecified atom stereocenters. The number of Topliss-reactive ketones (excluding diaryl/α,β-unsaturated/α-hetero) is 1. The lowest BCUT2D eigenvalue weighted by Crippen LogP contribution is -2.10. The molecule has 0 bridgehead atoms. The normalized spacial score (nSPS) is 17.9. The van der Waals surface area contributed by atoms with Crippen molar-refractivity contribution >= 4 is 16.9 Å². The van der Waals surface area contributed by atoms with Crippen LogP contribution in [0.1, 0.15) is 30.6 Å². The van der Waals surface area contributed by atoms with Crippen molar-refractivity contribution in [1.82, 2.24) is 9.97 Å². The van der Waals surface area contributed by atoms with E-state index < -0.39 is 11.7 Å². The van der Waals surface area contributed by atoms with Crippen LogP contribution in [0.25, 0.3) is 11.1 Å². The second-order valence-corrected chi connectivity index (χ2v) is 4.59. The fourth-order valence-corrected chi connectivity index (χ4v) is 1.92. The number of nitrogens with zero attached hydrogens (tertiary/aromatic N) is 1. The van der Waals surface area contributed by atoms with Gasteiger partial charge in [0, 0.05) is 18.9 Å². The summed E-state index contributed by atoms with van der Waals surface area (Å²) in [6, 6.07) is 0. The molecule has 0 fully saturated rings. The van der Waals surface area contributed by atoms with Gasteiger partial charge in [-0.3, -0.25) is 4.79 Å². The third kappa shape index (κ3) is 2.52. The molecule has 0 spiro atoms. The lowest BCUT2D eigenvalue weighted by molar-refractivity contribution is -0.112. The van der Waals surface area contributed by atoms with Crippen molar-refractivity contribution in [3.8, 4) is 0 Å². The van der Waals surface area contributed by atoms with Crippen molar-refractivity contribution < 1.29 is 13.6 Å². The Labute approximate surface area is 115 Å². The highest BCUT2D eigenvalue weighted by atomic mass is 19.3. The van der Waals surface area contributed by atoms with Crippen LogP contribution in [-0.4, -0.2) is 15.8 Å². The molecule has 104 valence electrons. The summed E-state index contributed by atoms with van der Waals surface area (Å²) in [6.45, 7) is 7.92. The number of allylic oxidation sites excluding steroid dienone is 6. The number of alkyl halides is 2. The molecule has 0 saturated carbocycles. The number of halogens is 2. The van der Waals surface area contributed by atoms with Gasteiger partial charge < -0.3 is 4.98 Å². The highest BCUT2D eigenvalue weighted by Crippen LogP contribution is 2.36. The fraction of sp³-hybridized carbons (Fsp3) is 0.200. The second-order valence-electron chi connectivity index (χ2n) is 4.59. The molecule has 20 heavy (non-hydrogen) atoms. The van der Waals surface area contributed by atoms with E-state index in [1.165, 1.54) is 0 Å². The molecule has 0 aromatic carbocycles. The molecule has 3 nitrogen and oxygen atoms in total. The van der Waals surface area contributed by atoms with Crippen molar-refractivity contribution in [2.45, 2.75) is 19.3 Å². The SMILES string of the molecule is C=C/C=C\C=C1/CC(=O)C(=C)c2[nH]c(C(C)(F)F)nc21. The lowest BCUT2D eigenvalue weighted by Gasteiger charge is -2.14. The van der Waals surface area contributed by atoms with Crippen LogP contribution in [-0.2, 0) is 10.7 Å².